The summed E-state index contributed by atoms with van der Waals surface area (Å²) in [6, 6.07) is 1.67. The van der Waals surface area contributed by atoms with Gasteiger partial charge in [-0.2, -0.15) is 0 Å². The van der Waals surface area contributed by atoms with Crippen molar-refractivity contribution in [3.63, 3.8) is 0 Å². The molecule has 0 amide bonds. The fraction of sp³-hybridized carbons (Fsp3) is 0.429. The molecule has 0 saturated heterocycles. The van der Waals surface area contributed by atoms with Gasteiger partial charge < -0.3 is 13.9 Å². The highest BCUT2D eigenvalue weighted by atomic mass is 35.5. The van der Waals surface area contributed by atoms with Gasteiger partial charge in [-0.1, -0.05) is 24.3 Å². The zero-order valence-corrected chi connectivity index (χ0v) is 16.3. The van der Waals surface area contributed by atoms with Crippen molar-refractivity contribution in [2.75, 3.05) is 13.0 Å². The molecular weight excluding hydrogens is 368 g/mol. The van der Waals surface area contributed by atoms with Crippen LogP contribution in [-0.4, -0.2) is 31.0 Å². The summed E-state index contributed by atoms with van der Waals surface area (Å²) < 4.78 is 16.6. The van der Waals surface area contributed by atoms with Crippen molar-refractivity contribution >= 4 is 23.5 Å². The molecule has 1 aromatic heterocycles. The molecule has 27 heavy (non-hydrogen) atoms. The van der Waals surface area contributed by atoms with Crippen molar-refractivity contribution in [3.05, 3.63) is 59.1 Å². The Labute approximate surface area is 163 Å². The van der Waals surface area contributed by atoms with Gasteiger partial charge >= 0.3 is 11.9 Å². The minimum absolute atomic E-state index is 0.0287. The first kappa shape index (κ1) is 19.5. The van der Waals surface area contributed by atoms with Crippen LogP contribution in [0.2, 0.25) is 0 Å². The summed E-state index contributed by atoms with van der Waals surface area (Å²) >= 11 is 6.01. The predicted molar refractivity (Wildman–Crippen MR) is 102 cm³/mol. The molecule has 0 N–H and O–H groups in total. The van der Waals surface area contributed by atoms with Crippen LogP contribution < -0.4 is 0 Å². The van der Waals surface area contributed by atoms with E-state index < -0.39 is 12.1 Å². The fourth-order valence-corrected chi connectivity index (χ4v) is 3.90. The van der Waals surface area contributed by atoms with Crippen LogP contribution in [0.1, 0.15) is 47.6 Å². The molecule has 1 aromatic rings. The van der Waals surface area contributed by atoms with Gasteiger partial charge in [-0.25, -0.2) is 9.59 Å². The van der Waals surface area contributed by atoms with Gasteiger partial charge in [0, 0.05) is 17.9 Å². The molecule has 3 heterocycles. The van der Waals surface area contributed by atoms with Gasteiger partial charge in [-0.05, 0) is 37.8 Å². The van der Waals surface area contributed by atoms with Crippen molar-refractivity contribution in [3.8, 4) is 0 Å². The maximum atomic E-state index is 12.3. The zero-order chi connectivity index (χ0) is 19.7. The molecule has 5 nitrogen and oxygen atoms in total. The maximum absolute atomic E-state index is 12.3. The van der Waals surface area contributed by atoms with E-state index in [1.54, 1.807) is 6.07 Å². The smallest absolute Gasteiger partial charge is 0.341 e. The fourth-order valence-electron chi connectivity index (χ4n) is 3.68. The quantitative estimate of drug-likeness (QED) is 0.435. The van der Waals surface area contributed by atoms with E-state index >= 15 is 0 Å². The van der Waals surface area contributed by atoms with E-state index in [1.807, 2.05) is 13.0 Å². The van der Waals surface area contributed by atoms with E-state index in [9.17, 15) is 9.59 Å². The Kier molecular flexibility index (Phi) is 5.61. The third kappa shape index (κ3) is 3.74. The van der Waals surface area contributed by atoms with Gasteiger partial charge in [-0.3, -0.25) is 0 Å². The van der Waals surface area contributed by atoms with Gasteiger partial charge in [0.05, 0.1) is 13.0 Å². The number of halogens is 1. The molecule has 0 radical (unpaired) electrons. The molecular formula is C21H23ClO5. The third-order valence-corrected chi connectivity index (χ3v) is 5.56. The summed E-state index contributed by atoms with van der Waals surface area (Å²) in [4.78, 5) is 24.6. The molecule has 0 aromatic carbocycles. The average Bonchev–Trinajstić information content (AvgIpc) is 3.19. The normalized spacial score (nSPS) is 24.5. The summed E-state index contributed by atoms with van der Waals surface area (Å²) in [5.74, 6) is 0.190. The van der Waals surface area contributed by atoms with Gasteiger partial charge in [0.1, 0.15) is 23.2 Å². The van der Waals surface area contributed by atoms with Crippen LogP contribution in [0.25, 0.3) is 0 Å². The second-order valence-corrected chi connectivity index (χ2v) is 7.36. The molecule has 0 spiro atoms. The lowest BCUT2D eigenvalue weighted by Gasteiger charge is -2.20. The van der Waals surface area contributed by atoms with E-state index in [0.29, 0.717) is 47.8 Å². The van der Waals surface area contributed by atoms with E-state index in [1.165, 1.54) is 7.11 Å². The van der Waals surface area contributed by atoms with E-state index in [2.05, 4.69) is 13.2 Å². The zero-order valence-electron chi connectivity index (χ0n) is 15.5. The predicted octanol–water partition coefficient (Wildman–Crippen LogP) is 4.33. The molecule has 3 rings (SSSR count). The monoisotopic (exact) mass is 390 g/mol. The van der Waals surface area contributed by atoms with Crippen LogP contribution in [0.5, 0.6) is 0 Å². The second kappa shape index (κ2) is 7.77. The number of methoxy groups -OCH3 is 1. The second-order valence-electron chi connectivity index (χ2n) is 7.09. The number of furan rings is 1. The summed E-state index contributed by atoms with van der Waals surface area (Å²) in [5, 5.41) is 0. The summed E-state index contributed by atoms with van der Waals surface area (Å²) in [7, 11) is 1.33. The summed E-state index contributed by atoms with van der Waals surface area (Å²) in [6.45, 7) is 9.92. The number of rotatable bonds is 4. The third-order valence-electron chi connectivity index (χ3n) is 5.21. The first-order chi connectivity index (χ1) is 12.8. The summed E-state index contributed by atoms with van der Waals surface area (Å²) in [6.07, 6.45) is 3.02. The Morgan fingerprint density at radius 3 is 2.78 bits per heavy atom. The van der Waals surface area contributed by atoms with Crippen LogP contribution in [0.15, 0.2) is 46.4 Å². The van der Waals surface area contributed by atoms with Crippen molar-refractivity contribution < 1.29 is 23.5 Å². The number of ether oxygens (including phenoxy) is 2. The molecule has 0 saturated carbocycles. The largest absolute Gasteiger partial charge is 0.465 e. The number of allylic oxidation sites excluding steroid dienone is 1. The number of carbonyl (C=O) groups is 2. The van der Waals surface area contributed by atoms with E-state index in [4.69, 9.17) is 25.5 Å². The Balaban J connectivity index is 2.13. The van der Waals surface area contributed by atoms with Gasteiger partial charge in [0.15, 0.2) is 0 Å². The Morgan fingerprint density at radius 2 is 2.15 bits per heavy atom. The van der Waals surface area contributed by atoms with Crippen LogP contribution in [0, 0.1) is 5.92 Å². The van der Waals surface area contributed by atoms with Gasteiger partial charge in [-0.15, -0.1) is 11.6 Å². The Morgan fingerprint density at radius 1 is 1.41 bits per heavy atom. The Bertz CT molecular complexity index is 832. The van der Waals surface area contributed by atoms with Crippen molar-refractivity contribution in [1.82, 2.24) is 0 Å². The van der Waals surface area contributed by atoms with Crippen LogP contribution in [0.3, 0.4) is 0 Å². The molecule has 6 heteroatoms. The molecule has 0 aliphatic carbocycles. The van der Waals surface area contributed by atoms with Crippen LogP contribution >= 0.6 is 11.6 Å². The number of hydrogen-bond donors (Lipinski definition) is 0. The molecule has 144 valence electrons. The summed E-state index contributed by atoms with van der Waals surface area (Å²) in [5.41, 5.74) is 2.65. The minimum atomic E-state index is -0.498. The van der Waals surface area contributed by atoms with Crippen molar-refractivity contribution in [2.45, 2.75) is 38.2 Å². The average molecular weight is 391 g/mol. The highest BCUT2D eigenvalue weighted by Gasteiger charge is 2.37. The van der Waals surface area contributed by atoms with E-state index in [-0.39, 0.29) is 17.8 Å². The van der Waals surface area contributed by atoms with E-state index in [0.717, 1.165) is 11.1 Å². The lowest BCUT2D eigenvalue weighted by molar-refractivity contribution is -0.140. The number of alkyl halides is 1. The standard InChI is InChI=1S/C21H23ClO5/c1-11(2)19-17-8-14(20(23)27-17)6-5-13(12(3)10-22)7-16-15(21(24)25-4)9-18(19)26-16/h8-9,13,17,19H,1,3,5-7,10H2,2,4H3/t13-,17-,19-/m1/s1. The topological polar surface area (TPSA) is 65.7 Å². The number of carbonyl (C=O) groups excluding carboxylic acids is 2. The molecule has 0 fully saturated rings. The maximum Gasteiger partial charge on any atom is 0.341 e. The first-order valence-electron chi connectivity index (χ1n) is 8.87. The molecule has 4 bridgehead atoms. The minimum Gasteiger partial charge on any atom is -0.465 e. The lowest BCUT2D eigenvalue weighted by atomic mass is 9.87. The molecule has 2 aliphatic rings. The SMILES string of the molecule is C=C(CCl)[C@@H]1CCC2=C[C@@H](OC2=O)[C@@H](C(=C)C)c2cc(C(=O)OC)c(o2)C1. The number of esters is 2. The highest BCUT2D eigenvalue weighted by Crippen LogP contribution is 2.39. The van der Waals surface area contributed by atoms with Crippen LogP contribution in [-0.2, 0) is 20.7 Å². The van der Waals surface area contributed by atoms with Crippen molar-refractivity contribution in [1.29, 1.82) is 0 Å². The number of hydrogen-bond acceptors (Lipinski definition) is 5. The van der Waals surface area contributed by atoms with Crippen LogP contribution in [0.4, 0.5) is 0 Å². The molecule has 0 unspecified atom stereocenters. The lowest BCUT2D eigenvalue weighted by Crippen LogP contribution is -2.19. The highest BCUT2D eigenvalue weighted by molar-refractivity contribution is 6.19. The molecule has 2 aliphatic heterocycles. The molecule has 3 atom stereocenters. The number of fused-ring (bicyclic) bond motifs is 3. The van der Waals surface area contributed by atoms with Gasteiger partial charge in [0.2, 0.25) is 0 Å². The van der Waals surface area contributed by atoms with Crippen molar-refractivity contribution in [2.24, 2.45) is 5.92 Å². The van der Waals surface area contributed by atoms with Gasteiger partial charge in [0.25, 0.3) is 0 Å². The Hall–Kier alpha value is -2.27. The first-order valence-corrected chi connectivity index (χ1v) is 9.40.